The number of aliphatic hydroxyl groups excluding tert-OH is 1. The number of aliphatic hydroxyl groups is 2. The van der Waals surface area contributed by atoms with Gasteiger partial charge < -0.3 is 61.5 Å². The SMILES string of the molecule is COC(=O)CC(=O)O.NC(CSCC(=O)O)C(=O)O.O=C(O)CC(O)(CC(=O)O)C(=O)O.O=C(O)CC(O)C(=O)O. The average Bonchev–Trinajstić information content (AvgIpc) is 2.77. The molecule has 41 heavy (non-hydrogen) atoms. The van der Waals surface area contributed by atoms with Crippen LogP contribution < -0.4 is 5.73 Å². The topological polar surface area (TPSA) is 391 Å². The fraction of sp³-hybridized carbons (Fsp3) is 0.526. The number of rotatable bonds is 15. The van der Waals surface area contributed by atoms with Crippen molar-refractivity contribution in [2.45, 2.75) is 43.4 Å². The van der Waals surface area contributed by atoms with Gasteiger partial charge in [0.2, 0.25) is 0 Å². The van der Waals surface area contributed by atoms with Crippen LogP contribution in [-0.4, -0.2) is 141 Å². The second-order valence-electron chi connectivity index (χ2n) is 6.93. The molecule has 0 aliphatic rings. The highest BCUT2D eigenvalue weighted by Gasteiger charge is 2.40. The highest BCUT2D eigenvalue weighted by Crippen LogP contribution is 2.15. The summed E-state index contributed by atoms with van der Waals surface area (Å²) in [7, 11) is 1.14. The van der Waals surface area contributed by atoms with Crippen LogP contribution in [0.15, 0.2) is 0 Å². The molecule has 0 aromatic rings. The van der Waals surface area contributed by atoms with Crippen LogP contribution in [0.25, 0.3) is 0 Å². The lowest BCUT2D eigenvalue weighted by Crippen LogP contribution is -2.42. The summed E-state index contributed by atoms with van der Waals surface area (Å²) in [6.45, 7) is 0. The van der Waals surface area contributed by atoms with Crippen LogP contribution in [0.5, 0.6) is 0 Å². The second-order valence-corrected chi connectivity index (χ2v) is 7.96. The van der Waals surface area contributed by atoms with Crippen LogP contribution in [0.1, 0.15) is 25.7 Å². The van der Waals surface area contributed by atoms with Gasteiger partial charge in [-0.25, -0.2) is 9.59 Å². The third-order valence-electron chi connectivity index (χ3n) is 3.30. The molecule has 21 nitrogen and oxygen atoms in total. The van der Waals surface area contributed by atoms with Crippen molar-refractivity contribution in [2.24, 2.45) is 5.73 Å². The summed E-state index contributed by atoms with van der Waals surface area (Å²) in [5.74, 6) is -11.8. The van der Waals surface area contributed by atoms with E-state index in [4.69, 9.17) is 56.8 Å². The number of aliphatic carboxylic acids is 8. The van der Waals surface area contributed by atoms with Crippen LogP contribution in [0.2, 0.25) is 0 Å². The van der Waals surface area contributed by atoms with Crippen molar-refractivity contribution in [3.05, 3.63) is 0 Å². The largest absolute Gasteiger partial charge is 0.481 e. The Bertz CT molecular complexity index is 918. The Kier molecular flexibility index (Phi) is 24.8. The van der Waals surface area contributed by atoms with E-state index in [2.05, 4.69) is 4.74 Å². The molecule has 0 heterocycles. The molecule has 236 valence electrons. The highest BCUT2D eigenvalue weighted by atomic mass is 32.2. The van der Waals surface area contributed by atoms with Crippen molar-refractivity contribution >= 4 is 65.5 Å². The molecule has 2 atom stereocenters. The number of ether oxygens (including phenoxy) is 1. The second kappa shape index (κ2) is 23.4. The normalized spacial score (nSPS) is 11.1. The van der Waals surface area contributed by atoms with Crippen molar-refractivity contribution in [2.75, 3.05) is 18.6 Å². The van der Waals surface area contributed by atoms with Crippen LogP contribution >= 0.6 is 11.8 Å². The maximum absolute atomic E-state index is 10.3. The molecule has 12 N–H and O–H groups in total. The van der Waals surface area contributed by atoms with Crippen molar-refractivity contribution in [3.8, 4) is 0 Å². The summed E-state index contributed by atoms with van der Waals surface area (Å²) in [5, 5.41) is 82.3. The molecule has 22 heteroatoms. The summed E-state index contributed by atoms with van der Waals surface area (Å²) < 4.78 is 4.04. The number of methoxy groups -OCH3 is 1. The number of esters is 1. The zero-order chi connectivity index (χ0) is 33.5. The molecule has 0 rings (SSSR count). The Hall–Kier alpha value is -4.54. The molecule has 0 aliphatic carbocycles. The standard InChI is InChI=1S/C6H8O7.C5H9NO4S.C4H6O5.C4H6O4/c7-3(8)1-6(13,5(11)12)2-4(9)10;6-3(5(9)10)1-11-2-4(7)8;5-2(4(8)9)1-3(6)7;1-8-4(7)2-3(5)6/h13H,1-2H2,(H,7,8)(H,9,10)(H,11,12);3H,1-2,6H2,(H,7,8)(H,9,10);2,5H,1H2,(H,6,7)(H,8,9);2H2,1H3,(H,5,6). The van der Waals surface area contributed by atoms with E-state index < -0.39 is 97.2 Å². The summed E-state index contributed by atoms with van der Waals surface area (Å²) >= 11 is 0.992. The number of carboxylic acid groups (broad SMARTS) is 8. The summed E-state index contributed by atoms with van der Waals surface area (Å²) in [6.07, 6.45) is -5.39. The minimum absolute atomic E-state index is 0.110. The third-order valence-corrected chi connectivity index (χ3v) is 4.35. The van der Waals surface area contributed by atoms with Gasteiger partial charge in [-0.3, -0.25) is 33.6 Å². The Labute approximate surface area is 232 Å². The zero-order valence-electron chi connectivity index (χ0n) is 20.9. The van der Waals surface area contributed by atoms with Crippen LogP contribution in [0, 0.1) is 0 Å². The van der Waals surface area contributed by atoms with Crippen LogP contribution in [-0.2, 0) is 47.9 Å². The molecular formula is C19H29NO20S. The quantitative estimate of drug-likeness (QED) is 0.0622. The fourth-order valence-corrected chi connectivity index (χ4v) is 2.20. The lowest BCUT2D eigenvalue weighted by atomic mass is 9.96. The summed E-state index contributed by atoms with van der Waals surface area (Å²) in [5.41, 5.74) is 2.35. The van der Waals surface area contributed by atoms with Crippen molar-refractivity contribution in [1.82, 2.24) is 0 Å². The van der Waals surface area contributed by atoms with Gasteiger partial charge in [-0.15, -0.1) is 11.8 Å². The average molecular weight is 623 g/mol. The monoisotopic (exact) mass is 623 g/mol. The zero-order valence-corrected chi connectivity index (χ0v) is 21.8. The number of thioether (sulfide) groups is 1. The molecule has 0 aliphatic heterocycles. The van der Waals surface area contributed by atoms with Gasteiger partial charge in [0.1, 0.15) is 12.5 Å². The van der Waals surface area contributed by atoms with E-state index in [1.807, 2.05) is 0 Å². The summed E-state index contributed by atoms with van der Waals surface area (Å²) in [4.78, 5) is 89.6. The number of carboxylic acids is 8. The fourth-order valence-electron chi connectivity index (χ4n) is 1.51. The third kappa shape index (κ3) is 31.6. The molecular weight excluding hydrogens is 594 g/mol. The van der Waals surface area contributed by atoms with E-state index in [0.717, 1.165) is 18.9 Å². The van der Waals surface area contributed by atoms with Gasteiger partial charge in [0.15, 0.2) is 11.7 Å². The van der Waals surface area contributed by atoms with E-state index in [1.54, 1.807) is 0 Å². The molecule has 0 radical (unpaired) electrons. The smallest absolute Gasteiger partial charge is 0.336 e. The molecule has 0 spiro atoms. The van der Waals surface area contributed by atoms with Gasteiger partial charge >= 0.3 is 53.7 Å². The number of nitrogens with two attached hydrogens (primary N) is 1. The van der Waals surface area contributed by atoms with Gasteiger partial charge in [0.05, 0.1) is 32.1 Å². The van der Waals surface area contributed by atoms with E-state index in [-0.39, 0.29) is 11.5 Å². The number of carbonyl (C=O) groups excluding carboxylic acids is 1. The minimum Gasteiger partial charge on any atom is -0.481 e. The van der Waals surface area contributed by atoms with E-state index in [0.29, 0.717) is 0 Å². The molecule has 2 unspecified atom stereocenters. The molecule has 0 saturated carbocycles. The Morgan fingerprint density at radius 3 is 1.37 bits per heavy atom. The maximum atomic E-state index is 10.3. The van der Waals surface area contributed by atoms with Crippen molar-refractivity contribution in [3.63, 3.8) is 0 Å². The van der Waals surface area contributed by atoms with E-state index in [1.165, 1.54) is 0 Å². The Balaban J connectivity index is -0.000000226. The van der Waals surface area contributed by atoms with Crippen LogP contribution in [0.3, 0.4) is 0 Å². The molecule has 0 aromatic heterocycles. The lowest BCUT2D eigenvalue weighted by Gasteiger charge is -2.18. The molecule has 0 aromatic carbocycles. The Morgan fingerprint density at radius 2 is 1.17 bits per heavy atom. The van der Waals surface area contributed by atoms with Gasteiger partial charge in [-0.05, 0) is 0 Å². The molecule has 0 fully saturated rings. The van der Waals surface area contributed by atoms with Crippen molar-refractivity contribution in [1.29, 1.82) is 0 Å². The molecule has 0 saturated heterocycles. The van der Waals surface area contributed by atoms with Gasteiger partial charge in [-0.2, -0.15) is 0 Å². The molecule has 0 amide bonds. The predicted molar refractivity (Wildman–Crippen MR) is 128 cm³/mol. The summed E-state index contributed by atoms with van der Waals surface area (Å²) in [6, 6.07) is -0.973. The number of hydrogen-bond donors (Lipinski definition) is 11. The van der Waals surface area contributed by atoms with E-state index >= 15 is 0 Å². The highest BCUT2D eigenvalue weighted by molar-refractivity contribution is 8.00. The van der Waals surface area contributed by atoms with Gasteiger partial charge in [0, 0.05) is 5.75 Å². The van der Waals surface area contributed by atoms with E-state index in [9.17, 15) is 43.2 Å². The first-order valence-electron chi connectivity index (χ1n) is 10.1. The first kappa shape index (κ1) is 43.5. The van der Waals surface area contributed by atoms with Gasteiger partial charge in [-0.1, -0.05) is 0 Å². The predicted octanol–water partition coefficient (Wildman–Crippen LogP) is -3.49. The number of hydrogen-bond acceptors (Lipinski definition) is 14. The maximum Gasteiger partial charge on any atom is 0.336 e. The number of carbonyl (C=O) groups is 9. The first-order chi connectivity index (χ1) is 18.5. The first-order valence-corrected chi connectivity index (χ1v) is 11.3. The van der Waals surface area contributed by atoms with Crippen LogP contribution in [0.4, 0.5) is 0 Å². The lowest BCUT2D eigenvalue weighted by molar-refractivity contribution is -0.170. The van der Waals surface area contributed by atoms with Crippen molar-refractivity contribution < 1.29 is 99.0 Å². The minimum atomic E-state index is -2.74. The molecule has 0 bridgehead atoms. The Morgan fingerprint density at radius 1 is 0.732 bits per heavy atom. The van der Waals surface area contributed by atoms with Gasteiger partial charge in [0.25, 0.3) is 0 Å².